The number of hydrogen-bond donors (Lipinski definition) is 1. The summed E-state index contributed by atoms with van der Waals surface area (Å²) in [6.07, 6.45) is 0.622. The third kappa shape index (κ3) is 3.05. The summed E-state index contributed by atoms with van der Waals surface area (Å²) in [6, 6.07) is 2.93. The van der Waals surface area contributed by atoms with Gasteiger partial charge in [-0.05, 0) is 33.9 Å². The fourth-order valence-corrected chi connectivity index (χ4v) is 2.28. The molecule has 0 aliphatic rings. The lowest BCUT2D eigenvalue weighted by atomic mass is 10.1. The van der Waals surface area contributed by atoms with Crippen LogP contribution >= 0.6 is 0 Å². The van der Waals surface area contributed by atoms with Crippen molar-refractivity contribution in [2.75, 3.05) is 7.05 Å². The number of halogens is 1. The molecule has 3 aromatic rings. The summed E-state index contributed by atoms with van der Waals surface area (Å²) in [6.45, 7) is 5.73. The van der Waals surface area contributed by atoms with Crippen LogP contribution in [-0.2, 0) is 6.42 Å². The third-order valence-electron chi connectivity index (χ3n) is 3.83. The number of nitrogens with one attached hydrogen (secondary N) is 1. The Hall–Kier alpha value is -2.41. The molecule has 0 saturated carbocycles. The molecule has 0 spiro atoms. The molecule has 0 saturated heterocycles. The summed E-state index contributed by atoms with van der Waals surface area (Å²) in [5.41, 5.74) is 3.06. The van der Waals surface area contributed by atoms with Gasteiger partial charge in [0.1, 0.15) is 11.3 Å². The highest BCUT2D eigenvalue weighted by Crippen LogP contribution is 2.27. The molecule has 0 bridgehead atoms. The van der Waals surface area contributed by atoms with E-state index in [-0.39, 0.29) is 11.9 Å². The lowest BCUT2D eigenvalue weighted by Crippen LogP contribution is -2.24. The van der Waals surface area contributed by atoms with E-state index in [1.54, 1.807) is 0 Å². The van der Waals surface area contributed by atoms with Crippen LogP contribution in [0.1, 0.15) is 24.1 Å². The van der Waals surface area contributed by atoms with Gasteiger partial charge < -0.3 is 9.84 Å². The molecule has 0 radical (unpaired) electrons. The second-order valence-electron chi connectivity index (χ2n) is 5.63. The number of aromatic nitrogens is 4. The van der Waals surface area contributed by atoms with Crippen LogP contribution in [0.3, 0.4) is 0 Å². The van der Waals surface area contributed by atoms with E-state index < -0.39 is 5.82 Å². The SMILES string of the molecule is CNC(C)Cc1noc(-c2cc(F)cc3nc(C)c(C)nc23)n1. The zero-order chi connectivity index (χ0) is 16.6. The largest absolute Gasteiger partial charge is 0.334 e. The topological polar surface area (TPSA) is 76.7 Å². The first kappa shape index (κ1) is 15.5. The molecule has 0 aliphatic carbocycles. The molecule has 2 aromatic heterocycles. The second kappa shape index (κ2) is 6.00. The molecule has 120 valence electrons. The Morgan fingerprint density at radius 3 is 2.65 bits per heavy atom. The van der Waals surface area contributed by atoms with Gasteiger partial charge in [-0.3, -0.25) is 0 Å². The predicted octanol–water partition coefficient (Wildman–Crippen LogP) is 2.59. The van der Waals surface area contributed by atoms with Crippen LogP contribution in [0.5, 0.6) is 0 Å². The van der Waals surface area contributed by atoms with Gasteiger partial charge in [0.15, 0.2) is 5.82 Å². The lowest BCUT2D eigenvalue weighted by molar-refractivity contribution is 0.418. The van der Waals surface area contributed by atoms with Crippen LogP contribution in [0.2, 0.25) is 0 Å². The zero-order valence-electron chi connectivity index (χ0n) is 13.5. The molecular weight excluding hydrogens is 297 g/mol. The van der Waals surface area contributed by atoms with Crippen molar-refractivity contribution in [1.82, 2.24) is 25.4 Å². The molecule has 7 heteroatoms. The van der Waals surface area contributed by atoms with Crippen molar-refractivity contribution < 1.29 is 8.91 Å². The van der Waals surface area contributed by atoms with Crippen LogP contribution in [0.15, 0.2) is 16.7 Å². The molecule has 0 fully saturated rings. The van der Waals surface area contributed by atoms with Gasteiger partial charge in [-0.15, -0.1) is 0 Å². The summed E-state index contributed by atoms with van der Waals surface area (Å²) in [5.74, 6) is 0.412. The Labute approximate surface area is 133 Å². The van der Waals surface area contributed by atoms with E-state index in [0.29, 0.717) is 28.8 Å². The lowest BCUT2D eigenvalue weighted by Gasteiger charge is -2.06. The normalized spacial score (nSPS) is 12.7. The maximum absolute atomic E-state index is 13.9. The molecule has 0 amide bonds. The number of benzene rings is 1. The van der Waals surface area contributed by atoms with E-state index in [0.717, 1.165) is 11.4 Å². The highest BCUT2D eigenvalue weighted by atomic mass is 19.1. The van der Waals surface area contributed by atoms with Gasteiger partial charge in [-0.25, -0.2) is 14.4 Å². The maximum atomic E-state index is 13.9. The van der Waals surface area contributed by atoms with E-state index in [4.69, 9.17) is 4.52 Å². The van der Waals surface area contributed by atoms with Gasteiger partial charge in [0.25, 0.3) is 5.89 Å². The van der Waals surface area contributed by atoms with Crippen LogP contribution in [-0.4, -0.2) is 33.2 Å². The Balaban J connectivity index is 2.10. The Kier molecular flexibility index (Phi) is 4.04. The average Bonchev–Trinajstić information content (AvgIpc) is 2.96. The van der Waals surface area contributed by atoms with Crippen LogP contribution < -0.4 is 5.32 Å². The van der Waals surface area contributed by atoms with Gasteiger partial charge >= 0.3 is 0 Å². The quantitative estimate of drug-likeness (QED) is 0.797. The number of hydrogen-bond acceptors (Lipinski definition) is 6. The molecule has 1 N–H and O–H groups in total. The zero-order valence-corrected chi connectivity index (χ0v) is 13.5. The smallest absolute Gasteiger partial charge is 0.260 e. The first-order valence-corrected chi connectivity index (χ1v) is 7.42. The van der Waals surface area contributed by atoms with Crippen molar-refractivity contribution in [2.45, 2.75) is 33.2 Å². The summed E-state index contributed by atoms with van der Waals surface area (Å²) < 4.78 is 19.2. The Morgan fingerprint density at radius 1 is 1.17 bits per heavy atom. The minimum atomic E-state index is -0.409. The maximum Gasteiger partial charge on any atom is 0.260 e. The van der Waals surface area contributed by atoms with Crippen LogP contribution in [0.4, 0.5) is 4.39 Å². The van der Waals surface area contributed by atoms with Crippen LogP contribution in [0.25, 0.3) is 22.5 Å². The monoisotopic (exact) mass is 315 g/mol. The average molecular weight is 315 g/mol. The minimum Gasteiger partial charge on any atom is -0.334 e. The fraction of sp³-hybridized carbons (Fsp3) is 0.375. The summed E-state index contributed by atoms with van der Waals surface area (Å²) in [4.78, 5) is 13.3. The Bertz CT molecular complexity index is 861. The summed E-state index contributed by atoms with van der Waals surface area (Å²) in [7, 11) is 1.87. The van der Waals surface area contributed by atoms with Gasteiger partial charge in [0, 0.05) is 18.5 Å². The number of nitrogens with zero attached hydrogens (tertiary/aromatic N) is 4. The third-order valence-corrected chi connectivity index (χ3v) is 3.83. The summed E-state index contributed by atoms with van der Waals surface area (Å²) >= 11 is 0. The minimum absolute atomic E-state index is 0.217. The van der Waals surface area contributed by atoms with E-state index in [2.05, 4.69) is 25.4 Å². The molecule has 1 aromatic carbocycles. The summed E-state index contributed by atoms with van der Waals surface area (Å²) in [5, 5.41) is 7.07. The molecule has 2 heterocycles. The van der Waals surface area contributed by atoms with E-state index in [1.165, 1.54) is 12.1 Å². The molecule has 0 aliphatic heterocycles. The fourth-order valence-electron chi connectivity index (χ4n) is 2.28. The van der Waals surface area contributed by atoms with Crippen molar-refractivity contribution in [3.05, 3.63) is 35.2 Å². The van der Waals surface area contributed by atoms with Crippen LogP contribution in [0, 0.1) is 19.7 Å². The van der Waals surface area contributed by atoms with Crippen molar-refractivity contribution in [2.24, 2.45) is 0 Å². The standard InChI is InChI=1S/C16H18FN5O/c1-8(18-4)5-14-21-16(23-22-14)12-6-11(17)7-13-15(12)20-10(3)9(2)19-13/h6-8,18H,5H2,1-4H3. The molecule has 3 rings (SSSR count). The van der Waals surface area contributed by atoms with E-state index in [1.807, 2.05) is 27.8 Å². The van der Waals surface area contributed by atoms with Gasteiger partial charge in [0.05, 0.1) is 22.5 Å². The second-order valence-corrected chi connectivity index (χ2v) is 5.63. The highest BCUT2D eigenvalue weighted by Gasteiger charge is 2.17. The molecule has 1 unspecified atom stereocenters. The number of aryl methyl sites for hydroxylation is 2. The molecular formula is C16H18FN5O. The van der Waals surface area contributed by atoms with Gasteiger partial charge in [-0.2, -0.15) is 4.98 Å². The Morgan fingerprint density at radius 2 is 1.91 bits per heavy atom. The van der Waals surface area contributed by atoms with E-state index in [9.17, 15) is 4.39 Å². The van der Waals surface area contributed by atoms with Crippen molar-refractivity contribution in [3.63, 3.8) is 0 Å². The first-order valence-electron chi connectivity index (χ1n) is 7.42. The number of likely N-dealkylation sites (N-methyl/N-ethyl adjacent to an activating group) is 1. The van der Waals surface area contributed by atoms with Gasteiger partial charge in [0.2, 0.25) is 0 Å². The van der Waals surface area contributed by atoms with Crippen molar-refractivity contribution in [1.29, 1.82) is 0 Å². The van der Waals surface area contributed by atoms with E-state index >= 15 is 0 Å². The number of fused-ring (bicyclic) bond motifs is 1. The first-order chi connectivity index (χ1) is 11.0. The van der Waals surface area contributed by atoms with Gasteiger partial charge in [-0.1, -0.05) is 5.16 Å². The predicted molar refractivity (Wildman–Crippen MR) is 84.5 cm³/mol. The molecule has 6 nitrogen and oxygen atoms in total. The highest BCUT2D eigenvalue weighted by molar-refractivity contribution is 5.89. The molecule has 23 heavy (non-hydrogen) atoms. The molecule has 1 atom stereocenters. The number of rotatable bonds is 4. The van der Waals surface area contributed by atoms with Crippen molar-refractivity contribution >= 4 is 11.0 Å². The van der Waals surface area contributed by atoms with Crippen molar-refractivity contribution in [3.8, 4) is 11.5 Å².